The maximum absolute atomic E-state index is 12.5. The quantitative estimate of drug-likeness (QED) is 0.862. The topological polar surface area (TPSA) is 54.0 Å². The van der Waals surface area contributed by atoms with E-state index in [0.717, 1.165) is 5.56 Å². The van der Waals surface area contributed by atoms with Crippen LogP contribution < -0.4 is 5.43 Å². The number of carbonyl (C=O) groups is 1. The molecule has 0 bridgehead atoms. The third-order valence-electron chi connectivity index (χ3n) is 3.92. The van der Waals surface area contributed by atoms with Crippen molar-refractivity contribution < 1.29 is 9.53 Å². The summed E-state index contributed by atoms with van der Waals surface area (Å²) in [5, 5.41) is 4.85. The van der Waals surface area contributed by atoms with Crippen LogP contribution in [0.4, 0.5) is 0 Å². The standard InChI is InChI=1S/C14H15ClN2O2/c1-8-14(2,19-8)13(18)12-11(7-16-17-12)9-3-5-10(15)6-4-9/h3-6,8,11,16H,7H2,1-2H3/t8-,11-,14+/m1/s1. The van der Waals surface area contributed by atoms with E-state index in [1.165, 1.54) is 0 Å². The molecule has 1 saturated heterocycles. The van der Waals surface area contributed by atoms with Crippen molar-refractivity contribution in [1.82, 2.24) is 5.43 Å². The van der Waals surface area contributed by atoms with E-state index in [9.17, 15) is 4.79 Å². The molecule has 0 aromatic heterocycles. The first kappa shape index (κ1) is 12.6. The molecule has 0 aliphatic carbocycles. The molecule has 1 fully saturated rings. The van der Waals surface area contributed by atoms with Crippen molar-refractivity contribution in [3.05, 3.63) is 34.9 Å². The van der Waals surface area contributed by atoms with E-state index in [4.69, 9.17) is 16.3 Å². The van der Waals surface area contributed by atoms with Gasteiger partial charge in [0.1, 0.15) is 5.71 Å². The molecule has 2 heterocycles. The molecule has 0 amide bonds. The molecular formula is C14H15ClN2O2. The van der Waals surface area contributed by atoms with Gasteiger partial charge in [-0.05, 0) is 31.5 Å². The first-order valence-electron chi connectivity index (χ1n) is 6.31. The van der Waals surface area contributed by atoms with E-state index < -0.39 is 5.60 Å². The third-order valence-corrected chi connectivity index (χ3v) is 4.17. The fourth-order valence-electron chi connectivity index (χ4n) is 2.40. The molecule has 2 aliphatic rings. The van der Waals surface area contributed by atoms with Gasteiger partial charge in [-0.3, -0.25) is 4.79 Å². The summed E-state index contributed by atoms with van der Waals surface area (Å²) in [6.45, 7) is 4.35. The number of Topliss-reactive ketones (excluding diaryl/α,β-unsaturated/α-hetero) is 1. The van der Waals surface area contributed by atoms with Crippen molar-refractivity contribution in [2.24, 2.45) is 5.10 Å². The van der Waals surface area contributed by atoms with Crippen LogP contribution in [0.1, 0.15) is 25.3 Å². The molecule has 100 valence electrons. The third kappa shape index (κ3) is 2.05. The first-order chi connectivity index (χ1) is 9.02. The average Bonchev–Trinajstić information content (AvgIpc) is 2.82. The second kappa shape index (κ2) is 4.32. The summed E-state index contributed by atoms with van der Waals surface area (Å²) in [6, 6.07) is 7.52. The van der Waals surface area contributed by atoms with Crippen LogP contribution in [0, 0.1) is 0 Å². The maximum Gasteiger partial charge on any atom is 0.213 e. The Labute approximate surface area is 116 Å². The second-order valence-corrected chi connectivity index (χ2v) is 5.60. The lowest BCUT2D eigenvalue weighted by Gasteiger charge is -2.13. The number of hydrogen-bond donors (Lipinski definition) is 1. The maximum atomic E-state index is 12.5. The van der Waals surface area contributed by atoms with Crippen LogP contribution in [0.3, 0.4) is 0 Å². The van der Waals surface area contributed by atoms with Crippen LogP contribution in [-0.4, -0.2) is 29.7 Å². The number of nitrogens with zero attached hydrogens (tertiary/aromatic N) is 1. The van der Waals surface area contributed by atoms with Gasteiger partial charge in [0, 0.05) is 11.6 Å². The van der Waals surface area contributed by atoms with Gasteiger partial charge in [-0.2, -0.15) is 5.10 Å². The van der Waals surface area contributed by atoms with Gasteiger partial charge in [0.2, 0.25) is 5.78 Å². The zero-order valence-electron chi connectivity index (χ0n) is 10.8. The number of ketones is 1. The number of ether oxygens (including phenoxy) is 1. The number of halogens is 1. The van der Waals surface area contributed by atoms with E-state index in [0.29, 0.717) is 17.3 Å². The molecule has 0 saturated carbocycles. The Morgan fingerprint density at radius 1 is 1.47 bits per heavy atom. The molecule has 1 N–H and O–H groups in total. The zero-order chi connectivity index (χ0) is 13.6. The fourth-order valence-corrected chi connectivity index (χ4v) is 2.53. The van der Waals surface area contributed by atoms with Crippen molar-refractivity contribution in [2.45, 2.75) is 31.5 Å². The van der Waals surface area contributed by atoms with Gasteiger partial charge in [0.05, 0.1) is 12.0 Å². The Morgan fingerprint density at radius 3 is 2.68 bits per heavy atom. The number of benzene rings is 1. The summed E-state index contributed by atoms with van der Waals surface area (Å²) >= 11 is 5.89. The lowest BCUT2D eigenvalue weighted by atomic mass is 9.87. The predicted molar refractivity (Wildman–Crippen MR) is 73.6 cm³/mol. The second-order valence-electron chi connectivity index (χ2n) is 5.16. The summed E-state index contributed by atoms with van der Waals surface area (Å²) < 4.78 is 5.40. The SMILES string of the molecule is C[C@H]1O[C@]1(C)C(=O)C1=NNC[C@@H]1c1ccc(Cl)cc1. The Bertz CT molecular complexity index is 555. The lowest BCUT2D eigenvalue weighted by molar-refractivity contribution is -0.117. The molecule has 19 heavy (non-hydrogen) atoms. The molecular weight excluding hydrogens is 264 g/mol. The molecule has 3 rings (SSSR count). The van der Waals surface area contributed by atoms with Gasteiger partial charge in [0.15, 0.2) is 5.60 Å². The van der Waals surface area contributed by atoms with E-state index in [1.54, 1.807) is 0 Å². The minimum Gasteiger partial charge on any atom is -0.358 e. The zero-order valence-corrected chi connectivity index (χ0v) is 11.6. The Kier molecular flexibility index (Phi) is 2.87. The van der Waals surface area contributed by atoms with Crippen LogP contribution in [0.5, 0.6) is 0 Å². The number of hydrogen-bond acceptors (Lipinski definition) is 4. The lowest BCUT2D eigenvalue weighted by Crippen LogP contribution is -2.33. The summed E-state index contributed by atoms with van der Waals surface area (Å²) in [7, 11) is 0. The highest BCUT2D eigenvalue weighted by molar-refractivity contribution is 6.45. The molecule has 3 atom stereocenters. The molecule has 2 aliphatic heterocycles. The molecule has 1 aromatic carbocycles. The van der Waals surface area contributed by atoms with Gasteiger partial charge in [-0.25, -0.2) is 0 Å². The van der Waals surface area contributed by atoms with Gasteiger partial charge >= 0.3 is 0 Å². The number of epoxide rings is 1. The van der Waals surface area contributed by atoms with Crippen molar-refractivity contribution in [3.63, 3.8) is 0 Å². The fraction of sp³-hybridized carbons (Fsp3) is 0.429. The highest BCUT2D eigenvalue weighted by atomic mass is 35.5. The van der Waals surface area contributed by atoms with Gasteiger partial charge in [-0.15, -0.1) is 0 Å². The van der Waals surface area contributed by atoms with E-state index in [2.05, 4.69) is 10.5 Å². The Hall–Kier alpha value is -1.39. The van der Waals surface area contributed by atoms with Crippen LogP contribution in [-0.2, 0) is 9.53 Å². The predicted octanol–water partition coefficient (Wildman–Crippen LogP) is 2.13. The van der Waals surface area contributed by atoms with Crippen molar-refractivity contribution >= 4 is 23.1 Å². The van der Waals surface area contributed by atoms with E-state index >= 15 is 0 Å². The van der Waals surface area contributed by atoms with E-state index in [1.807, 2.05) is 38.1 Å². The summed E-state index contributed by atoms with van der Waals surface area (Å²) in [4.78, 5) is 12.5. The number of rotatable bonds is 3. The summed E-state index contributed by atoms with van der Waals surface area (Å²) in [5.74, 6) is -0.0528. The number of nitrogens with one attached hydrogen (secondary N) is 1. The monoisotopic (exact) mass is 278 g/mol. The molecule has 0 spiro atoms. The minimum absolute atomic E-state index is 0.0232. The molecule has 0 unspecified atom stereocenters. The van der Waals surface area contributed by atoms with Gasteiger partial charge < -0.3 is 10.2 Å². The van der Waals surface area contributed by atoms with Crippen LogP contribution in [0.25, 0.3) is 0 Å². The first-order valence-corrected chi connectivity index (χ1v) is 6.68. The smallest absolute Gasteiger partial charge is 0.213 e. The largest absolute Gasteiger partial charge is 0.358 e. The van der Waals surface area contributed by atoms with Crippen LogP contribution in [0.2, 0.25) is 5.02 Å². The number of carbonyl (C=O) groups excluding carboxylic acids is 1. The summed E-state index contributed by atoms with van der Waals surface area (Å²) in [6.07, 6.45) is -0.0332. The Morgan fingerprint density at radius 2 is 2.11 bits per heavy atom. The highest BCUT2D eigenvalue weighted by Gasteiger charge is 2.57. The normalized spacial score (nSPS) is 32.7. The van der Waals surface area contributed by atoms with Crippen LogP contribution >= 0.6 is 11.6 Å². The van der Waals surface area contributed by atoms with Gasteiger partial charge in [-0.1, -0.05) is 23.7 Å². The molecule has 5 heteroatoms. The van der Waals surface area contributed by atoms with Crippen molar-refractivity contribution in [2.75, 3.05) is 6.54 Å². The number of hydrazone groups is 1. The summed E-state index contributed by atoms with van der Waals surface area (Å²) in [5.41, 5.74) is 3.80. The van der Waals surface area contributed by atoms with Crippen LogP contribution in [0.15, 0.2) is 29.4 Å². The van der Waals surface area contributed by atoms with E-state index in [-0.39, 0.29) is 17.8 Å². The average molecular weight is 279 g/mol. The molecule has 4 nitrogen and oxygen atoms in total. The molecule has 1 aromatic rings. The van der Waals surface area contributed by atoms with Crippen molar-refractivity contribution in [3.8, 4) is 0 Å². The minimum atomic E-state index is -0.699. The van der Waals surface area contributed by atoms with Gasteiger partial charge in [0.25, 0.3) is 0 Å². The molecule has 0 radical (unpaired) electrons. The van der Waals surface area contributed by atoms with Crippen molar-refractivity contribution in [1.29, 1.82) is 0 Å². The Balaban J connectivity index is 1.86. The highest BCUT2D eigenvalue weighted by Crippen LogP contribution is 2.39.